The highest BCUT2D eigenvalue weighted by Crippen LogP contribution is 2.38. The standard InChI is InChI=1S/C12H28N6.C6H3N3O7/c1-9(2)15-5-7-17-11(13)12(14)18-8-6-16-10(3)4;10-6-4(8(13)14)1-3(7(11)12)2-5(6)9(15)16/h9-10,15-16H,5-8H2,1-4H3,(H2,13,17)(H2,14,18);1-2,10H. The fraction of sp³-hybridized carbons (Fsp3) is 0.556. The van der Waals surface area contributed by atoms with Crippen LogP contribution in [-0.2, 0) is 0 Å². The molecule has 0 fully saturated rings. The number of nitrogens with zero attached hydrogens (tertiary/aromatic N) is 5. The number of aromatic hydroxyl groups is 1. The van der Waals surface area contributed by atoms with Gasteiger partial charge in [-0.1, -0.05) is 27.7 Å². The Balaban J connectivity index is 0.000000644. The Labute approximate surface area is 195 Å². The Morgan fingerprint density at radius 3 is 1.47 bits per heavy atom. The van der Waals surface area contributed by atoms with E-state index in [-0.39, 0.29) is 0 Å². The second-order valence-electron chi connectivity index (χ2n) is 7.36. The number of nitro groups is 3. The van der Waals surface area contributed by atoms with Gasteiger partial charge < -0.3 is 27.2 Å². The van der Waals surface area contributed by atoms with Crippen LogP contribution in [-0.4, -0.2) is 69.8 Å². The predicted octanol–water partition coefficient (Wildman–Crippen LogP) is 0.814. The molecule has 0 unspecified atom stereocenters. The van der Waals surface area contributed by atoms with Crippen molar-refractivity contribution < 1.29 is 19.9 Å². The van der Waals surface area contributed by atoms with Crippen LogP contribution in [0.3, 0.4) is 0 Å². The van der Waals surface area contributed by atoms with Crippen LogP contribution < -0.4 is 22.1 Å². The number of hydrogen-bond donors (Lipinski definition) is 5. The molecule has 0 heterocycles. The van der Waals surface area contributed by atoms with Crippen molar-refractivity contribution in [2.45, 2.75) is 39.8 Å². The van der Waals surface area contributed by atoms with Crippen molar-refractivity contribution >= 4 is 28.7 Å². The van der Waals surface area contributed by atoms with Gasteiger partial charge in [-0.15, -0.1) is 0 Å². The Kier molecular flexibility index (Phi) is 13.3. The minimum absolute atomic E-state index is 0.324. The third-order valence-corrected chi connectivity index (χ3v) is 3.81. The van der Waals surface area contributed by atoms with Crippen molar-refractivity contribution in [1.29, 1.82) is 0 Å². The molecule has 0 saturated heterocycles. The first-order chi connectivity index (χ1) is 15.8. The summed E-state index contributed by atoms with van der Waals surface area (Å²) in [4.78, 5) is 36.1. The van der Waals surface area contributed by atoms with E-state index in [0.29, 0.717) is 49.0 Å². The quantitative estimate of drug-likeness (QED) is 0.0963. The zero-order chi connectivity index (χ0) is 26.4. The molecule has 0 atom stereocenters. The van der Waals surface area contributed by atoms with Crippen molar-refractivity contribution in [2.75, 3.05) is 26.2 Å². The lowest BCUT2D eigenvalue weighted by Crippen LogP contribution is -2.34. The maximum Gasteiger partial charge on any atom is 0.324 e. The molecule has 0 amide bonds. The van der Waals surface area contributed by atoms with Crippen molar-refractivity contribution in [3.8, 4) is 5.75 Å². The van der Waals surface area contributed by atoms with Crippen LogP contribution in [0.5, 0.6) is 5.75 Å². The predicted molar refractivity (Wildman–Crippen MR) is 127 cm³/mol. The maximum absolute atomic E-state index is 10.4. The highest BCUT2D eigenvalue weighted by Gasteiger charge is 2.30. The van der Waals surface area contributed by atoms with Crippen LogP contribution in [0.4, 0.5) is 17.1 Å². The largest absolute Gasteiger partial charge is 0.497 e. The van der Waals surface area contributed by atoms with E-state index >= 15 is 0 Å². The summed E-state index contributed by atoms with van der Waals surface area (Å²) in [5.74, 6) is -0.559. The van der Waals surface area contributed by atoms with Crippen LogP contribution in [0.1, 0.15) is 27.7 Å². The Hall–Kier alpha value is -3.92. The second kappa shape index (κ2) is 15.0. The molecule has 16 heteroatoms. The molecule has 1 rings (SSSR count). The molecule has 0 aliphatic rings. The molecule has 0 bridgehead atoms. The molecule has 16 nitrogen and oxygen atoms in total. The summed E-state index contributed by atoms with van der Waals surface area (Å²) in [6, 6.07) is 1.80. The zero-order valence-corrected chi connectivity index (χ0v) is 19.4. The molecule has 7 N–H and O–H groups in total. The Morgan fingerprint density at radius 2 is 1.21 bits per heavy atom. The molecular formula is C18H31N9O7. The topological polar surface area (TPSA) is 250 Å². The number of phenols is 1. The van der Waals surface area contributed by atoms with Gasteiger partial charge >= 0.3 is 11.4 Å². The van der Waals surface area contributed by atoms with E-state index in [2.05, 4.69) is 48.3 Å². The lowest BCUT2D eigenvalue weighted by Gasteiger charge is -2.07. The van der Waals surface area contributed by atoms with E-state index < -0.39 is 37.6 Å². The van der Waals surface area contributed by atoms with Gasteiger partial charge in [0.2, 0.25) is 0 Å². The summed E-state index contributed by atoms with van der Waals surface area (Å²) in [7, 11) is 0. The van der Waals surface area contributed by atoms with Gasteiger partial charge in [0.25, 0.3) is 11.4 Å². The summed E-state index contributed by atoms with van der Waals surface area (Å²) < 4.78 is 0. The number of phenolic OH excluding ortho intramolecular Hbond substituents is 1. The van der Waals surface area contributed by atoms with Gasteiger partial charge in [-0.05, 0) is 0 Å². The average molecular weight is 486 g/mol. The zero-order valence-electron chi connectivity index (χ0n) is 19.4. The lowest BCUT2D eigenvalue weighted by atomic mass is 10.2. The van der Waals surface area contributed by atoms with Gasteiger partial charge in [-0.2, -0.15) is 0 Å². The minimum Gasteiger partial charge on any atom is -0.497 e. The average Bonchev–Trinajstić information content (AvgIpc) is 2.73. The van der Waals surface area contributed by atoms with Gasteiger partial charge in [0, 0.05) is 25.2 Å². The molecule has 0 aliphatic heterocycles. The van der Waals surface area contributed by atoms with E-state index in [9.17, 15) is 30.3 Å². The molecule has 34 heavy (non-hydrogen) atoms. The normalized spacial score (nSPS) is 11.8. The molecular weight excluding hydrogens is 454 g/mol. The fourth-order valence-electron chi connectivity index (χ4n) is 2.19. The Bertz CT molecular complexity index is 854. The SMILES string of the molecule is CC(C)NCCN=C(N)C(N)=NCCNC(C)C.O=[N+]([O-])c1cc([N+](=O)[O-])c(O)c([N+](=O)[O-])c1. The molecule has 1 aromatic carbocycles. The summed E-state index contributed by atoms with van der Waals surface area (Å²) >= 11 is 0. The number of amidine groups is 2. The first-order valence-corrected chi connectivity index (χ1v) is 10.1. The van der Waals surface area contributed by atoms with Crippen LogP contribution >= 0.6 is 0 Å². The molecule has 1 aromatic rings. The molecule has 0 spiro atoms. The fourth-order valence-corrected chi connectivity index (χ4v) is 2.19. The van der Waals surface area contributed by atoms with Gasteiger partial charge in [0.05, 0.1) is 40.0 Å². The van der Waals surface area contributed by atoms with Gasteiger partial charge in [-0.3, -0.25) is 40.3 Å². The Morgan fingerprint density at radius 1 is 0.853 bits per heavy atom. The number of aliphatic imine (C=N–C) groups is 2. The highest BCUT2D eigenvalue weighted by molar-refractivity contribution is 6.39. The van der Waals surface area contributed by atoms with E-state index in [4.69, 9.17) is 16.6 Å². The van der Waals surface area contributed by atoms with E-state index in [1.54, 1.807) is 0 Å². The second-order valence-corrected chi connectivity index (χ2v) is 7.36. The van der Waals surface area contributed by atoms with Crippen molar-refractivity contribution in [3.63, 3.8) is 0 Å². The number of nitro benzene ring substituents is 3. The third-order valence-electron chi connectivity index (χ3n) is 3.81. The van der Waals surface area contributed by atoms with Crippen molar-refractivity contribution in [2.24, 2.45) is 21.5 Å². The molecule has 190 valence electrons. The number of nitrogens with one attached hydrogen (secondary N) is 2. The number of rotatable bonds is 11. The number of hydrogen-bond acceptors (Lipinski definition) is 11. The molecule has 0 saturated carbocycles. The number of nitrogens with two attached hydrogens (primary N) is 2. The van der Waals surface area contributed by atoms with Crippen LogP contribution in [0, 0.1) is 30.3 Å². The van der Waals surface area contributed by atoms with Crippen molar-refractivity contribution in [1.82, 2.24) is 10.6 Å². The molecule has 0 radical (unpaired) electrons. The van der Waals surface area contributed by atoms with Crippen LogP contribution in [0.2, 0.25) is 0 Å². The number of non-ortho nitro benzene ring substituents is 1. The summed E-state index contributed by atoms with van der Waals surface area (Å²) in [5, 5.41) is 46.7. The van der Waals surface area contributed by atoms with Crippen molar-refractivity contribution in [3.05, 3.63) is 42.5 Å². The first-order valence-electron chi connectivity index (χ1n) is 10.1. The number of benzene rings is 1. The maximum atomic E-state index is 10.4. The first kappa shape index (κ1) is 30.1. The minimum atomic E-state index is -1.21. The van der Waals surface area contributed by atoms with Crippen LogP contribution in [0.25, 0.3) is 0 Å². The van der Waals surface area contributed by atoms with E-state index in [1.165, 1.54) is 0 Å². The van der Waals surface area contributed by atoms with E-state index in [0.717, 1.165) is 13.1 Å². The summed E-state index contributed by atoms with van der Waals surface area (Å²) in [6.07, 6.45) is 0. The third kappa shape index (κ3) is 11.6. The monoisotopic (exact) mass is 485 g/mol. The van der Waals surface area contributed by atoms with Gasteiger partial charge in [0.1, 0.15) is 0 Å². The van der Waals surface area contributed by atoms with Gasteiger partial charge in [0.15, 0.2) is 11.7 Å². The highest BCUT2D eigenvalue weighted by atomic mass is 16.6. The summed E-state index contributed by atoms with van der Waals surface area (Å²) in [5.41, 5.74) is 8.44. The van der Waals surface area contributed by atoms with Crippen LogP contribution in [0.15, 0.2) is 22.1 Å². The lowest BCUT2D eigenvalue weighted by molar-refractivity contribution is -0.404. The van der Waals surface area contributed by atoms with E-state index in [1.807, 2.05) is 0 Å². The van der Waals surface area contributed by atoms with Gasteiger partial charge in [-0.25, -0.2) is 0 Å². The smallest absolute Gasteiger partial charge is 0.324 e. The summed E-state index contributed by atoms with van der Waals surface area (Å²) in [6.45, 7) is 11.2. The molecule has 0 aliphatic carbocycles. The molecule has 0 aromatic heterocycles.